The Kier molecular flexibility index (Phi) is 7.93. The number of carbonyl (C=O) groups is 2. The smallest absolute Gasteiger partial charge is 0.244 e. The van der Waals surface area contributed by atoms with Gasteiger partial charge in [0.25, 0.3) is 0 Å². The van der Waals surface area contributed by atoms with Crippen LogP contribution >= 0.6 is 11.6 Å². The molecule has 0 bridgehead atoms. The van der Waals surface area contributed by atoms with Gasteiger partial charge in [0.2, 0.25) is 11.8 Å². The SMILES string of the molecule is Cc1nc(C)n(CC(=O)N2CCOC(COc3ccc(Cl)c(C)c3)(CC(=O)N3CCOCC3)C2)n1. The highest BCUT2D eigenvalue weighted by Gasteiger charge is 2.42. The van der Waals surface area contributed by atoms with Crippen molar-refractivity contribution in [3.05, 3.63) is 40.4 Å². The number of halogens is 1. The van der Waals surface area contributed by atoms with Gasteiger partial charge in [-0.1, -0.05) is 11.6 Å². The van der Waals surface area contributed by atoms with Gasteiger partial charge in [0, 0.05) is 24.7 Å². The minimum Gasteiger partial charge on any atom is -0.490 e. The van der Waals surface area contributed by atoms with Crippen LogP contribution in [0.15, 0.2) is 18.2 Å². The molecule has 2 saturated heterocycles. The summed E-state index contributed by atoms with van der Waals surface area (Å²) in [7, 11) is 0. The molecule has 0 aliphatic carbocycles. The van der Waals surface area contributed by atoms with Crippen molar-refractivity contribution < 1.29 is 23.8 Å². The monoisotopic (exact) mass is 505 g/mol. The van der Waals surface area contributed by atoms with Crippen LogP contribution in [0.1, 0.15) is 23.6 Å². The van der Waals surface area contributed by atoms with Crippen LogP contribution in [0.25, 0.3) is 0 Å². The van der Waals surface area contributed by atoms with Crippen LogP contribution < -0.4 is 4.74 Å². The number of nitrogens with zero attached hydrogens (tertiary/aromatic N) is 5. The highest BCUT2D eigenvalue weighted by atomic mass is 35.5. The third-order valence-electron chi connectivity index (χ3n) is 6.32. The molecule has 4 rings (SSSR count). The quantitative estimate of drug-likeness (QED) is 0.565. The predicted molar refractivity (Wildman–Crippen MR) is 128 cm³/mol. The summed E-state index contributed by atoms with van der Waals surface area (Å²) < 4.78 is 19.3. The molecular formula is C24H32ClN5O5. The van der Waals surface area contributed by atoms with E-state index in [0.29, 0.717) is 61.9 Å². The van der Waals surface area contributed by atoms with Crippen LogP contribution in [0.4, 0.5) is 0 Å². The van der Waals surface area contributed by atoms with Crippen molar-refractivity contribution in [2.24, 2.45) is 0 Å². The van der Waals surface area contributed by atoms with Crippen molar-refractivity contribution >= 4 is 23.4 Å². The lowest BCUT2D eigenvalue weighted by Gasteiger charge is -2.43. The largest absolute Gasteiger partial charge is 0.490 e. The van der Waals surface area contributed by atoms with Gasteiger partial charge in [-0.3, -0.25) is 9.59 Å². The summed E-state index contributed by atoms with van der Waals surface area (Å²) in [5.74, 6) is 1.78. The third-order valence-corrected chi connectivity index (χ3v) is 6.74. The van der Waals surface area contributed by atoms with E-state index in [1.165, 1.54) is 0 Å². The van der Waals surface area contributed by atoms with Crippen molar-refractivity contribution in [2.45, 2.75) is 39.3 Å². The standard InChI is InChI=1S/C24H32ClN5O5/c1-17-12-20(4-5-21(17)25)34-16-24(13-22(31)28-6-9-33-10-7-28)15-29(8-11-35-24)23(32)14-30-19(3)26-18(2)27-30/h4-5,12H,6-11,13-16H2,1-3H3. The van der Waals surface area contributed by atoms with E-state index in [1.54, 1.807) is 33.5 Å². The Morgan fingerprint density at radius 2 is 1.83 bits per heavy atom. The number of hydrogen-bond donors (Lipinski definition) is 0. The van der Waals surface area contributed by atoms with Crippen molar-refractivity contribution in [2.75, 3.05) is 52.6 Å². The Balaban J connectivity index is 1.50. The molecule has 0 saturated carbocycles. The Bertz CT molecular complexity index is 1070. The fourth-order valence-corrected chi connectivity index (χ4v) is 4.48. The molecule has 11 heteroatoms. The average Bonchev–Trinajstić information content (AvgIpc) is 3.16. The number of hydrogen-bond acceptors (Lipinski definition) is 7. The second-order valence-electron chi connectivity index (χ2n) is 9.08. The lowest BCUT2D eigenvalue weighted by atomic mass is 9.96. The molecule has 2 aliphatic heterocycles. The van der Waals surface area contributed by atoms with Crippen molar-refractivity contribution in [3.63, 3.8) is 0 Å². The van der Waals surface area contributed by atoms with E-state index in [1.807, 2.05) is 19.9 Å². The normalized spacial score (nSPS) is 20.7. The van der Waals surface area contributed by atoms with Crippen molar-refractivity contribution in [3.8, 4) is 5.75 Å². The molecule has 0 N–H and O–H groups in total. The Morgan fingerprint density at radius 1 is 1.09 bits per heavy atom. The molecule has 2 amide bonds. The summed E-state index contributed by atoms with van der Waals surface area (Å²) in [4.78, 5) is 34.1. The predicted octanol–water partition coefficient (Wildman–Crippen LogP) is 1.78. The Morgan fingerprint density at radius 3 is 2.51 bits per heavy atom. The maximum Gasteiger partial charge on any atom is 0.244 e. The molecule has 0 radical (unpaired) electrons. The van der Waals surface area contributed by atoms with Gasteiger partial charge in [0.1, 0.15) is 36.2 Å². The molecule has 3 heterocycles. The first-order valence-electron chi connectivity index (χ1n) is 11.8. The maximum absolute atomic E-state index is 13.2. The number of aromatic nitrogens is 3. The highest BCUT2D eigenvalue weighted by Crippen LogP contribution is 2.27. The molecule has 35 heavy (non-hydrogen) atoms. The summed E-state index contributed by atoms with van der Waals surface area (Å²) in [5, 5.41) is 4.95. The van der Waals surface area contributed by atoms with E-state index in [9.17, 15) is 9.59 Å². The molecule has 1 atom stereocenters. The Labute approximate surface area is 210 Å². The van der Waals surface area contributed by atoms with Gasteiger partial charge in [0.15, 0.2) is 0 Å². The van der Waals surface area contributed by atoms with E-state index in [-0.39, 0.29) is 37.9 Å². The van der Waals surface area contributed by atoms with Gasteiger partial charge >= 0.3 is 0 Å². The topological polar surface area (TPSA) is 99.0 Å². The fourth-order valence-electron chi connectivity index (χ4n) is 4.36. The lowest BCUT2D eigenvalue weighted by Crippen LogP contribution is -2.59. The summed E-state index contributed by atoms with van der Waals surface area (Å²) in [5.41, 5.74) is -0.0908. The summed E-state index contributed by atoms with van der Waals surface area (Å²) >= 11 is 6.15. The van der Waals surface area contributed by atoms with Crippen LogP contribution in [0, 0.1) is 20.8 Å². The van der Waals surface area contributed by atoms with Crippen LogP contribution in [-0.4, -0.2) is 94.6 Å². The molecule has 2 fully saturated rings. The number of ether oxygens (including phenoxy) is 3. The van der Waals surface area contributed by atoms with Gasteiger partial charge in [-0.2, -0.15) is 5.10 Å². The molecule has 2 aliphatic rings. The lowest BCUT2D eigenvalue weighted by molar-refractivity contribution is -0.167. The van der Waals surface area contributed by atoms with E-state index >= 15 is 0 Å². The molecule has 0 spiro atoms. The van der Waals surface area contributed by atoms with Gasteiger partial charge in [-0.05, 0) is 44.5 Å². The van der Waals surface area contributed by atoms with E-state index < -0.39 is 5.60 Å². The maximum atomic E-state index is 13.2. The molecule has 2 aromatic rings. The zero-order chi connectivity index (χ0) is 25.0. The number of rotatable bonds is 7. The van der Waals surface area contributed by atoms with Gasteiger partial charge in [-0.25, -0.2) is 9.67 Å². The molecular weight excluding hydrogens is 474 g/mol. The molecule has 1 aromatic carbocycles. The van der Waals surface area contributed by atoms with Crippen molar-refractivity contribution in [1.29, 1.82) is 0 Å². The summed E-state index contributed by atoms with van der Waals surface area (Å²) in [6.07, 6.45) is 0.102. The van der Waals surface area contributed by atoms with Crippen molar-refractivity contribution in [1.82, 2.24) is 24.6 Å². The highest BCUT2D eigenvalue weighted by molar-refractivity contribution is 6.31. The van der Waals surface area contributed by atoms with E-state index in [0.717, 1.165) is 5.56 Å². The molecule has 10 nitrogen and oxygen atoms in total. The van der Waals surface area contributed by atoms with E-state index in [2.05, 4.69) is 10.1 Å². The minimum atomic E-state index is -0.982. The second kappa shape index (κ2) is 10.9. The zero-order valence-corrected chi connectivity index (χ0v) is 21.2. The third kappa shape index (κ3) is 6.31. The van der Waals surface area contributed by atoms with Gasteiger partial charge in [0.05, 0.1) is 32.8 Å². The minimum absolute atomic E-state index is 0.0405. The first kappa shape index (κ1) is 25.4. The number of amides is 2. The Hall–Kier alpha value is -2.69. The first-order valence-corrected chi connectivity index (χ1v) is 12.2. The fraction of sp³-hybridized carbons (Fsp3) is 0.583. The molecule has 1 unspecified atom stereocenters. The summed E-state index contributed by atoms with van der Waals surface area (Å²) in [6.45, 7) is 8.80. The molecule has 1 aromatic heterocycles. The van der Waals surface area contributed by atoms with Gasteiger partial charge < -0.3 is 24.0 Å². The van der Waals surface area contributed by atoms with Crippen LogP contribution in [-0.2, 0) is 25.6 Å². The zero-order valence-electron chi connectivity index (χ0n) is 20.5. The number of morpholine rings is 2. The van der Waals surface area contributed by atoms with E-state index in [4.69, 9.17) is 25.8 Å². The average molecular weight is 506 g/mol. The van der Waals surface area contributed by atoms with Gasteiger partial charge in [-0.15, -0.1) is 0 Å². The summed E-state index contributed by atoms with van der Waals surface area (Å²) in [6, 6.07) is 5.41. The number of carbonyl (C=O) groups excluding carboxylic acids is 2. The first-order chi connectivity index (χ1) is 16.7. The van der Waals surface area contributed by atoms with Crippen LogP contribution in [0.2, 0.25) is 5.02 Å². The van der Waals surface area contributed by atoms with Crippen LogP contribution in [0.5, 0.6) is 5.75 Å². The second-order valence-corrected chi connectivity index (χ2v) is 9.49. The molecule has 190 valence electrons. The van der Waals surface area contributed by atoms with Crippen LogP contribution in [0.3, 0.4) is 0 Å². The number of aryl methyl sites for hydroxylation is 3. The number of benzene rings is 1.